The highest BCUT2D eigenvalue weighted by Gasteiger charge is 2.17. The Morgan fingerprint density at radius 1 is 1.62 bits per heavy atom. The van der Waals surface area contributed by atoms with Crippen LogP contribution in [0.2, 0.25) is 0 Å². The van der Waals surface area contributed by atoms with Gasteiger partial charge >= 0.3 is 5.97 Å². The highest BCUT2D eigenvalue weighted by atomic mass is 32.2. The Hall–Kier alpha value is -0.520. The first-order chi connectivity index (χ1) is 7.52. The third kappa shape index (κ3) is 8.76. The Morgan fingerprint density at radius 2 is 2.31 bits per heavy atom. The second-order valence-electron chi connectivity index (χ2n) is 3.72. The monoisotopic (exact) mass is 247 g/mol. The van der Waals surface area contributed by atoms with E-state index in [4.69, 9.17) is 4.74 Å². The van der Waals surface area contributed by atoms with Gasteiger partial charge in [-0.2, -0.15) is 11.8 Å². The predicted octanol–water partition coefficient (Wildman–Crippen LogP) is 0.809. The van der Waals surface area contributed by atoms with Crippen molar-refractivity contribution in [1.82, 2.24) is 5.32 Å². The molecule has 0 saturated heterocycles. The summed E-state index contributed by atoms with van der Waals surface area (Å²) < 4.78 is 4.72. The lowest BCUT2D eigenvalue weighted by Gasteiger charge is -2.22. The first-order valence-electron chi connectivity index (χ1n) is 5.27. The predicted molar refractivity (Wildman–Crippen MR) is 67.6 cm³/mol. The van der Waals surface area contributed by atoms with E-state index in [1.54, 1.807) is 31.7 Å². The molecule has 94 valence electrons. The molecular weight excluding hydrogens is 226 g/mol. The number of carbonyl (C=O) groups excluding carboxylic acids is 1. The zero-order valence-electron chi connectivity index (χ0n) is 10.2. The molecule has 0 aromatic carbocycles. The van der Waals surface area contributed by atoms with Crippen molar-refractivity contribution in [3.63, 3.8) is 0 Å². The smallest absolute Gasteiger partial charge is 0.330 e. The Balaban J connectivity index is 3.63. The number of hydrogen-bond donors (Lipinski definition) is 2. The normalized spacial score (nSPS) is 15.0. The van der Waals surface area contributed by atoms with Crippen molar-refractivity contribution in [3.05, 3.63) is 12.2 Å². The second-order valence-corrected chi connectivity index (χ2v) is 4.58. The zero-order chi connectivity index (χ0) is 12.4. The number of rotatable bonds is 8. The van der Waals surface area contributed by atoms with E-state index >= 15 is 0 Å². The molecule has 2 N–H and O–H groups in total. The van der Waals surface area contributed by atoms with E-state index in [1.165, 1.54) is 6.08 Å². The fourth-order valence-corrected chi connectivity index (χ4v) is 1.86. The topological polar surface area (TPSA) is 58.6 Å². The molecule has 0 aliphatic carbocycles. The van der Waals surface area contributed by atoms with Gasteiger partial charge in [0.25, 0.3) is 0 Å². The van der Waals surface area contributed by atoms with Gasteiger partial charge in [-0.15, -0.1) is 0 Å². The van der Waals surface area contributed by atoms with Crippen molar-refractivity contribution in [3.8, 4) is 0 Å². The minimum Gasteiger partial charge on any atom is -0.463 e. The van der Waals surface area contributed by atoms with Crippen LogP contribution in [0.3, 0.4) is 0 Å². The number of ether oxygens (including phenoxy) is 1. The molecule has 1 unspecified atom stereocenters. The van der Waals surface area contributed by atoms with Crippen LogP contribution in [0.15, 0.2) is 12.2 Å². The van der Waals surface area contributed by atoms with Crippen molar-refractivity contribution in [2.24, 2.45) is 0 Å². The third-order valence-corrected chi connectivity index (χ3v) is 2.67. The maximum absolute atomic E-state index is 10.9. The Labute approximate surface area is 101 Å². The van der Waals surface area contributed by atoms with Crippen LogP contribution in [-0.4, -0.2) is 48.4 Å². The molecule has 0 aliphatic rings. The van der Waals surface area contributed by atoms with E-state index in [1.807, 2.05) is 6.26 Å². The molecule has 0 heterocycles. The number of thioether (sulfide) groups is 1. The van der Waals surface area contributed by atoms with Crippen molar-refractivity contribution in [2.45, 2.75) is 19.4 Å². The molecule has 4 nitrogen and oxygen atoms in total. The molecule has 0 fully saturated rings. The first-order valence-corrected chi connectivity index (χ1v) is 6.66. The van der Waals surface area contributed by atoms with Gasteiger partial charge in [0.15, 0.2) is 0 Å². The summed E-state index contributed by atoms with van der Waals surface area (Å²) >= 11 is 1.60. The molecule has 0 saturated carbocycles. The van der Waals surface area contributed by atoms with Gasteiger partial charge in [0.1, 0.15) is 0 Å². The van der Waals surface area contributed by atoms with Gasteiger partial charge in [-0.3, -0.25) is 0 Å². The molecule has 0 bridgehead atoms. The first kappa shape index (κ1) is 15.5. The molecule has 0 amide bonds. The van der Waals surface area contributed by atoms with Crippen LogP contribution >= 0.6 is 11.8 Å². The highest BCUT2D eigenvalue weighted by molar-refractivity contribution is 7.98. The van der Waals surface area contributed by atoms with Crippen LogP contribution in [0.5, 0.6) is 0 Å². The van der Waals surface area contributed by atoms with E-state index in [0.29, 0.717) is 25.4 Å². The molecule has 5 heteroatoms. The highest BCUT2D eigenvalue weighted by Crippen LogP contribution is 2.08. The van der Waals surface area contributed by atoms with E-state index < -0.39 is 5.60 Å². The average molecular weight is 247 g/mol. The van der Waals surface area contributed by atoms with Crippen molar-refractivity contribution < 1.29 is 14.6 Å². The Kier molecular flexibility index (Phi) is 8.33. The SMILES string of the molecule is CCOC(=O)/C=C/CNCC(C)(O)CSC. The quantitative estimate of drug-likeness (QED) is 0.378. The molecule has 1 atom stereocenters. The van der Waals surface area contributed by atoms with Crippen LogP contribution in [0.1, 0.15) is 13.8 Å². The summed E-state index contributed by atoms with van der Waals surface area (Å²) in [6.45, 7) is 4.98. The zero-order valence-corrected chi connectivity index (χ0v) is 11.0. The maximum atomic E-state index is 10.9. The van der Waals surface area contributed by atoms with Crippen LogP contribution in [-0.2, 0) is 9.53 Å². The number of esters is 1. The number of nitrogens with one attached hydrogen (secondary N) is 1. The molecule has 16 heavy (non-hydrogen) atoms. The minimum atomic E-state index is -0.711. The van der Waals surface area contributed by atoms with Gasteiger partial charge in [0.05, 0.1) is 12.2 Å². The van der Waals surface area contributed by atoms with Gasteiger partial charge in [0, 0.05) is 24.9 Å². The van der Waals surface area contributed by atoms with E-state index in [0.717, 1.165) is 0 Å². The molecule has 0 radical (unpaired) electrons. The van der Waals surface area contributed by atoms with Crippen molar-refractivity contribution >= 4 is 17.7 Å². The molecule has 0 aliphatic heterocycles. The Bertz CT molecular complexity index is 229. The van der Waals surface area contributed by atoms with Crippen LogP contribution in [0, 0.1) is 0 Å². The lowest BCUT2D eigenvalue weighted by molar-refractivity contribution is -0.137. The number of hydrogen-bond acceptors (Lipinski definition) is 5. The summed E-state index contributed by atoms with van der Waals surface area (Å²) in [4.78, 5) is 10.9. The van der Waals surface area contributed by atoms with Gasteiger partial charge in [0.2, 0.25) is 0 Å². The lowest BCUT2D eigenvalue weighted by Crippen LogP contribution is -2.40. The van der Waals surface area contributed by atoms with E-state index in [-0.39, 0.29) is 5.97 Å². The minimum absolute atomic E-state index is 0.333. The van der Waals surface area contributed by atoms with Gasteiger partial charge in [-0.1, -0.05) is 6.08 Å². The van der Waals surface area contributed by atoms with Gasteiger partial charge < -0.3 is 15.2 Å². The average Bonchev–Trinajstić information content (AvgIpc) is 2.17. The van der Waals surface area contributed by atoms with Crippen LogP contribution in [0.4, 0.5) is 0 Å². The summed E-state index contributed by atoms with van der Waals surface area (Å²) in [7, 11) is 0. The largest absolute Gasteiger partial charge is 0.463 e. The molecule has 0 rings (SSSR count). The Morgan fingerprint density at radius 3 is 2.88 bits per heavy atom. The standard InChI is InChI=1S/C11H21NO3S/c1-4-15-10(13)6-5-7-12-8-11(2,14)9-16-3/h5-6,12,14H,4,7-9H2,1-3H3/b6-5+. The summed E-state index contributed by atoms with van der Waals surface area (Å²) in [6, 6.07) is 0. The van der Waals surface area contributed by atoms with E-state index in [2.05, 4.69) is 5.32 Å². The van der Waals surface area contributed by atoms with Crippen molar-refractivity contribution in [1.29, 1.82) is 0 Å². The summed E-state index contributed by atoms with van der Waals surface area (Å²) in [5.74, 6) is 0.349. The molecule has 0 spiro atoms. The molecule has 0 aromatic rings. The van der Waals surface area contributed by atoms with Crippen LogP contribution < -0.4 is 5.32 Å². The van der Waals surface area contributed by atoms with E-state index in [9.17, 15) is 9.90 Å². The fourth-order valence-electron chi connectivity index (χ4n) is 1.13. The maximum Gasteiger partial charge on any atom is 0.330 e. The van der Waals surface area contributed by atoms with Crippen molar-refractivity contribution in [2.75, 3.05) is 31.7 Å². The lowest BCUT2D eigenvalue weighted by atomic mass is 10.1. The van der Waals surface area contributed by atoms with Gasteiger partial charge in [-0.05, 0) is 20.1 Å². The summed E-state index contributed by atoms with van der Waals surface area (Å²) in [6.07, 6.45) is 5.03. The third-order valence-electron chi connectivity index (χ3n) is 1.76. The summed E-state index contributed by atoms with van der Waals surface area (Å²) in [5, 5.41) is 12.9. The summed E-state index contributed by atoms with van der Waals surface area (Å²) in [5.41, 5.74) is -0.711. The fraction of sp³-hybridized carbons (Fsp3) is 0.727. The second kappa shape index (κ2) is 8.61. The number of carbonyl (C=O) groups is 1. The molecule has 0 aromatic heterocycles. The van der Waals surface area contributed by atoms with Crippen LogP contribution in [0.25, 0.3) is 0 Å². The number of aliphatic hydroxyl groups is 1. The molecular formula is C11H21NO3S. The van der Waals surface area contributed by atoms with Gasteiger partial charge in [-0.25, -0.2) is 4.79 Å².